The van der Waals surface area contributed by atoms with Crippen LogP contribution in [0.25, 0.3) is 33.0 Å². The van der Waals surface area contributed by atoms with E-state index in [-0.39, 0.29) is 0 Å². The second kappa shape index (κ2) is 7.31. The minimum absolute atomic E-state index is 1.27. The van der Waals surface area contributed by atoms with Gasteiger partial charge in [0.15, 0.2) is 0 Å². The zero-order valence-corrected chi connectivity index (χ0v) is 19.0. The first-order valence-corrected chi connectivity index (χ1v) is 10.8. The number of benzene rings is 4. The highest BCUT2D eigenvalue weighted by molar-refractivity contribution is 14.1. The van der Waals surface area contributed by atoms with Crippen molar-refractivity contribution in [2.24, 2.45) is 0 Å². The third-order valence-corrected chi connectivity index (χ3v) is 7.86. The van der Waals surface area contributed by atoms with Crippen molar-refractivity contribution in [3.05, 3.63) is 91.1 Å². The summed E-state index contributed by atoms with van der Waals surface area (Å²) < 4.78 is 2.61. The molecule has 128 valence electrons. The molecular formula is C24H18I2. The SMILES string of the molecule is Cc1c(-c2ccccc2)c(-c2ccccc2)c2cc(I)c(I)cc2c1C. The third kappa shape index (κ3) is 3.07. The minimum atomic E-state index is 1.27. The van der Waals surface area contributed by atoms with Crippen molar-refractivity contribution in [1.82, 2.24) is 0 Å². The summed E-state index contributed by atoms with van der Waals surface area (Å²) in [6.45, 7) is 4.51. The highest BCUT2D eigenvalue weighted by Crippen LogP contribution is 2.43. The van der Waals surface area contributed by atoms with Gasteiger partial charge in [0, 0.05) is 7.14 Å². The molecule has 2 heteroatoms. The Morgan fingerprint density at radius 3 is 1.54 bits per heavy atom. The maximum absolute atomic E-state index is 2.45. The normalized spacial score (nSPS) is 11.1. The zero-order chi connectivity index (χ0) is 18.3. The molecule has 0 spiro atoms. The van der Waals surface area contributed by atoms with Crippen molar-refractivity contribution in [2.75, 3.05) is 0 Å². The molecular weight excluding hydrogens is 542 g/mol. The molecule has 0 fully saturated rings. The third-order valence-electron chi connectivity index (χ3n) is 5.05. The van der Waals surface area contributed by atoms with Gasteiger partial charge in [-0.25, -0.2) is 0 Å². The minimum Gasteiger partial charge on any atom is -0.0622 e. The van der Waals surface area contributed by atoms with Gasteiger partial charge in [-0.2, -0.15) is 0 Å². The Morgan fingerprint density at radius 2 is 1.00 bits per heavy atom. The average molecular weight is 560 g/mol. The Labute approximate surface area is 181 Å². The molecule has 4 rings (SSSR count). The quantitative estimate of drug-likeness (QED) is 0.218. The fraction of sp³-hybridized carbons (Fsp3) is 0.0833. The smallest absolute Gasteiger partial charge is 0.0270 e. The van der Waals surface area contributed by atoms with Gasteiger partial charge >= 0.3 is 0 Å². The predicted molar refractivity (Wildman–Crippen MR) is 130 cm³/mol. The van der Waals surface area contributed by atoms with Gasteiger partial charge in [0.2, 0.25) is 0 Å². The van der Waals surface area contributed by atoms with E-state index in [2.05, 4.69) is 132 Å². The van der Waals surface area contributed by atoms with Crippen LogP contribution in [0.15, 0.2) is 72.8 Å². The molecule has 0 aliphatic carbocycles. The van der Waals surface area contributed by atoms with E-state index < -0.39 is 0 Å². The lowest BCUT2D eigenvalue weighted by molar-refractivity contribution is 1.37. The van der Waals surface area contributed by atoms with Crippen LogP contribution < -0.4 is 0 Å². The van der Waals surface area contributed by atoms with Gasteiger partial charge in [-0.05, 0) is 115 Å². The van der Waals surface area contributed by atoms with E-state index in [4.69, 9.17) is 0 Å². The molecule has 0 nitrogen and oxygen atoms in total. The van der Waals surface area contributed by atoms with Crippen molar-refractivity contribution in [3.8, 4) is 22.3 Å². The monoisotopic (exact) mass is 560 g/mol. The first kappa shape index (κ1) is 18.0. The molecule has 0 amide bonds. The highest BCUT2D eigenvalue weighted by Gasteiger charge is 2.18. The van der Waals surface area contributed by atoms with Crippen LogP contribution in [-0.2, 0) is 0 Å². The van der Waals surface area contributed by atoms with E-state index in [1.54, 1.807) is 0 Å². The lowest BCUT2D eigenvalue weighted by Crippen LogP contribution is -1.97. The van der Waals surface area contributed by atoms with Gasteiger partial charge in [-0.1, -0.05) is 60.7 Å². The molecule has 0 aliphatic heterocycles. The lowest BCUT2D eigenvalue weighted by Gasteiger charge is -2.20. The van der Waals surface area contributed by atoms with Crippen LogP contribution >= 0.6 is 45.2 Å². The van der Waals surface area contributed by atoms with Crippen molar-refractivity contribution < 1.29 is 0 Å². The second-order valence-corrected chi connectivity index (χ2v) is 8.87. The molecule has 0 saturated heterocycles. The number of aryl methyl sites for hydroxylation is 1. The fourth-order valence-corrected chi connectivity index (χ4v) is 4.58. The number of rotatable bonds is 2. The van der Waals surface area contributed by atoms with Crippen molar-refractivity contribution in [3.63, 3.8) is 0 Å². The second-order valence-electron chi connectivity index (χ2n) is 6.54. The van der Waals surface area contributed by atoms with E-state index in [0.717, 1.165) is 0 Å². The Kier molecular flexibility index (Phi) is 5.06. The molecule has 0 aromatic heterocycles. The van der Waals surface area contributed by atoms with Crippen LogP contribution in [0.5, 0.6) is 0 Å². The van der Waals surface area contributed by atoms with Crippen LogP contribution in [0, 0.1) is 21.0 Å². The van der Waals surface area contributed by atoms with E-state index in [1.165, 1.54) is 51.3 Å². The van der Waals surface area contributed by atoms with Crippen LogP contribution in [-0.4, -0.2) is 0 Å². The Balaban J connectivity index is 2.23. The maximum Gasteiger partial charge on any atom is 0.0270 e. The number of fused-ring (bicyclic) bond motifs is 1. The summed E-state index contributed by atoms with van der Waals surface area (Å²) in [4.78, 5) is 0. The summed E-state index contributed by atoms with van der Waals surface area (Å²) in [5, 5.41) is 2.69. The zero-order valence-electron chi connectivity index (χ0n) is 14.7. The fourth-order valence-electron chi connectivity index (χ4n) is 3.65. The van der Waals surface area contributed by atoms with Gasteiger partial charge in [0.25, 0.3) is 0 Å². The molecule has 0 aliphatic rings. The van der Waals surface area contributed by atoms with Gasteiger partial charge in [0.1, 0.15) is 0 Å². The molecule has 0 atom stereocenters. The summed E-state index contributed by atoms with van der Waals surface area (Å²) in [5.41, 5.74) is 7.97. The molecule has 0 heterocycles. The lowest BCUT2D eigenvalue weighted by atomic mass is 9.84. The predicted octanol–water partition coefficient (Wildman–Crippen LogP) is 8.00. The molecule has 0 saturated carbocycles. The van der Waals surface area contributed by atoms with Crippen molar-refractivity contribution >= 4 is 56.0 Å². The number of halogens is 2. The van der Waals surface area contributed by atoms with Crippen LogP contribution in [0.4, 0.5) is 0 Å². The summed E-state index contributed by atoms with van der Waals surface area (Å²) in [6, 6.07) is 26.2. The molecule has 0 radical (unpaired) electrons. The van der Waals surface area contributed by atoms with Gasteiger partial charge in [-0.3, -0.25) is 0 Å². The maximum atomic E-state index is 2.45. The molecule has 0 unspecified atom stereocenters. The van der Waals surface area contributed by atoms with Crippen LogP contribution in [0.2, 0.25) is 0 Å². The molecule has 4 aromatic rings. The van der Waals surface area contributed by atoms with E-state index >= 15 is 0 Å². The Bertz CT molecular complexity index is 1100. The molecule has 26 heavy (non-hydrogen) atoms. The molecule has 4 aromatic carbocycles. The van der Waals surface area contributed by atoms with Gasteiger partial charge in [-0.15, -0.1) is 0 Å². The number of hydrogen-bond donors (Lipinski definition) is 0. The van der Waals surface area contributed by atoms with Crippen LogP contribution in [0.1, 0.15) is 11.1 Å². The summed E-state index contributed by atoms with van der Waals surface area (Å²) >= 11 is 4.89. The average Bonchev–Trinajstić information content (AvgIpc) is 2.67. The van der Waals surface area contributed by atoms with E-state index in [9.17, 15) is 0 Å². The first-order valence-electron chi connectivity index (χ1n) is 8.60. The summed E-state index contributed by atoms with van der Waals surface area (Å²) in [5.74, 6) is 0. The Hall–Kier alpha value is -1.40. The molecule has 0 bridgehead atoms. The Morgan fingerprint density at radius 1 is 0.538 bits per heavy atom. The summed E-state index contributed by atoms with van der Waals surface area (Å²) in [6.07, 6.45) is 0. The largest absolute Gasteiger partial charge is 0.0622 e. The van der Waals surface area contributed by atoms with Crippen molar-refractivity contribution in [1.29, 1.82) is 0 Å². The van der Waals surface area contributed by atoms with Crippen molar-refractivity contribution in [2.45, 2.75) is 13.8 Å². The van der Waals surface area contributed by atoms with E-state index in [1.807, 2.05) is 0 Å². The summed E-state index contributed by atoms with van der Waals surface area (Å²) in [7, 11) is 0. The molecule has 0 N–H and O–H groups in total. The van der Waals surface area contributed by atoms with Gasteiger partial charge in [0.05, 0.1) is 0 Å². The van der Waals surface area contributed by atoms with E-state index in [0.29, 0.717) is 0 Å². The van der Waals surface area contributed by atoms with Crippen LogP contribution in [0.3, 0.4) is 0 Å². The topological polar surface area (TPSA) is 0 Å². The number of hydrogen-bond acceptors (Lipinski definition) is 0. The highest BCUT2D eigenvalue weighted by atomic mass is 127. The van der Waals surface area contributed by atoms with Gasteiger partial charge < -0.3 is 0 Å². The first-order chi connectivity index (χ1) is 12.6. The standard InChI is InChI=1S/C24H18I2/c1-15-16(2)23(17-9-5-3-6-10-17)24(18-11-7-4-8-12-18)20-14-22(26)21(25)13-19(15)20/h3-14H,1-2H3.